The Balaban J connectivity index is 2.13. The summed E-state index contributed by atoms with van der Waals surface area (Å²) in [6, 6.07) is 20.6. The zero-order chi connectivity index (χ0) is 16.2. The first-order valence-corrected chi connectivity index (χ1v) is 7.50. The molecule has 3 aromatic carbocycles. The number of phenols is 2. The first-order valence-electron chi connectivity index (χ1n) is 7.50. The van der Waals surface area contributed by atoms with Crippen LogP contribution >= 0.6 is 0 Å². The first kappa shape index (κ1) is 14.9. The van der Waals surface area contributed by atoms with Gasteiger partial charge in [0.2, 0.25) is 0 Å². The summed E-state index contributed by atoms with van der Waals surface area (Å²) in [5.41, 5.74) is 4.89. The second-order valence-electron chi connectivity index (χ2n) is 5.43. The van der Waals surface area contributed by atoms with Gasteiger partial charge in [0.15, 0.2) is 0 Å². The highest BCUT2D eigenvalue weighted by Gasteiger charge is 2.09. The number of phenolic OH excluding ortho intramolecular Hbond substituents is 2. The Morgan fingerprint density at radius 1 is 0.783 bits per heavy atom. The van der Waals surface area contributed by atoms with Crippen molar-refractivity contribution in [1.29, 1.82) is 0 Å². The lowest BCUT2D eigenvalue weighted by Crippen LogP contribution is -1.90. The van der Waals surface area contributed by atoms with E-state index in [1.165, 1.54) is 0 Å². The molecule has 0 aliphatic carbocycles. The van der Waals surface area contributed by atoms with Gasteiger partial charge in [-0.2, -0.15) is 0 Å². The lowest BCUT2D eigenvalue weighted by molar-refractivity contribution is 0.475. The molecule has 3 aromatic rings. The molecule has 0 unspecified atom stereocenters. The number of allylic oxidation sites excluding steroid dienone is 1. The predicted octanol–water partition coefficient (Wildman–Crippen LogP) is 5.16. The third-order valence-corrected chi connectivity index (χ3v) is 3.84. The summed E-state index contributed by atoms with van der Waals surface area (Å²) >= 11 is 0. The van der Waals surface area contributed by atoms with E-state index in [0.29, 0.717) is 6.42 Å². The van der Waals surface area contributed by atoms with Gasteiger partial charge in [0.05, 0.1) is 0 Å². The van der Waals surface area contributed by atoms with Gasteiger partial charge < -0.3 is 10.2 Å². The van der Waals surface area contributed by atoms with E-state index in [0.717, 1.165) is 27.8 Å². The zero-order valence-corrected chi connectivity index (χ0v) is 12.7. The van der Waals surface area contributed by atoms with Crippen LogP contribution in [-0.2, 0) is 6.42 Å². The van der Waals surface area contributed by atoms with Crippen LogP contribution in [0.3, 0.4) is 0 Å². The van der Waals surface area contributed by atoms with Crippen molar-refractivity contribution in [1.82, 2.24) is 0 Å². The van der Waals surface area contributed by atoms with Gasteiger partial charge in [-0.15, -0.1) is 6.58 Å². The summed E-state index contributed by atoms with van der Waals surface area (Å²) in [7, 11) is 0. The molecule has 2 N–H and O–H groups in total. The Kier molecular flexibility index (Phi) is 4.15. The van der Waals surface area contributed by atoms with Crippen molar-refractivity contribution in [2.75, 3.05) is 0 Å². The van der Waals surface area contributed by atoms with Gasteiger partial charge in [0.25, 0.3) is 0 Å². The maximum absolute atomic E-state index is 10.1. The highest BCUT2D eigenvalue weighted by molar-refractivity contribution is 5.77. The summed E-state index contributed by atoms with van der Waals surface area (Å²) < 4.78 is 0. The van der Waals surface area contributed by atoms with Gasteiger partial charge in [-0.05, 0) is 46.9 Å². The topological polar surface area (TPSA) is 40.5 Å². The minimum atomic E-state index is 0.247. The van der Waals surface area contributed by atoms with Crippen LogP contribution < -0.4 is 0 Å². The van der Waals surface area contributed by atoms with E-state index in [2.05, 4.69) is 12.6 Å². The van der Waals surface area contributed by atoms with E-state index >= 15 is 0 Å². The van der Waals surface area contributed by atoms with Gasteiger partial charge >= 0.3 is 0 Å². The van der Waals surface area contributed by atoms with E-state index in [9.17, 15) is 10.2 Å². The second-order valence-corrected chi connectivity index (χ2v) is 5.43. The van der Waals surface area contributed by atoms with E-state index in [1.807, 2.05) is 48.5 Å². The van der Waals surface area contributed by atoms with E-state index in [1.54, 1.807) is 18.2 Å². The monoisotopic (exact) mass is 302 g/mol. The molecule has 0 aliphatic heterocycles. The van der Waals surface area contributed by atoms with Crippen LogP contribution in [0.1, 0.15) is 5.56 Å². The average Bonchev–Trinajstić information content (AvgIpc) is 2.55. The third kappa shape index (κ3) is 3.11. The van der Waals surface area contributed by atoms with Gasteiger partial charge in [-0.1, -0.05) is 54.6 Å². The summed E-state index contributed by atoms with van der Waals surface area (Å²) in [4.78, 5) is 0. The quantitative estimate of drug-likeness (QED) is 0.653. The van der Waals surface area contributed by atoms with Crippen LogP contribution in [0.2, 0.25) is 0 Å². The number of aromatic hydroxyl groups is 2. The van der Waals surface area contributed by atoms with E-state index in [4.69, 9.17) is 0 Å². The molecule has 2 heteroatoms. The molecule has 0 fully saturated rings. The van der Waals surface area contributed by atoms with Gasteiger partial charge in [-0.3, -0.25) is 0 Å². The van der Waals surface area contributed by atoms with Crippen molar-refractivity contribution < 1.29 is 10.2 Å². The SMILES string of the molecule is C=CCc1cc(-c2ccccc2O)ccc1-c1cccc(O)c1. The minimum absolute atomic E-state index is 0.247. The molecule has 2 nitrogen and oxygen atoms in total. The molecule has 0 saturated carbocycles. The Morgan fingerprint density at radius 2 is 1.57 bits per heavy atom. The normalized spacial score (nSPS) is 10.4. The molecular weight excluding hydrogens is 284 g/mol. The van der Waals surface area contributed by atoms with Crippen LogP contribution in [0.15, 0.2) is 79.4 Å². The molecule has 114 valence electrons. The highest BCUT2D eigenvalue weighted by Crippen LogP contribution is 2.34. The van der Waals surface area contributed by atoms with Crippen molar-refractivity contribution in [2.24, 2.45) is 0 Å². The van der Waals surface area contributed by atoms with Crippen LogP contribution in [0.4, 0.5) is 0 Å². The molecule has 3 rings (SSSR count). The summed E-state index contributed by atoms with van der Waals surface area (Å²) in [6.07, 6.45) is 2.57. The number of hydrogen-bond donors (Lipinski definition) is 2. The number of para-hydroxylation sites is 1. The molecule has 0 radical (unpaired) electrons. The lowest BCUT2D eigenvalue weighted by Gasteiger charge is -2.12. The summed E-state index contributed by atoms with van der Waals surface area (Å²) in [5.74, 6) is 0.513. The van der Waals surface area contributed by atoms with Crippen molar-refractivity contribution in [2.45, 2.75) is 6.42 Å². The van der Waals surface area contributed by atoms with Gasteiger partial charge in [0.1, 0.15) is 11.5 Å². The van der Waals surface area contributed by atoms with Gasteiger partial charge in [0, 0.05) is 5.56 Å². The van der Waals surface area contributed by atoms with Gasteiger partial charge in [-0.25, -0.2) is 0 Å². The van der Waals surface area contributed by atoms with Crippen molar-refractivity contribution >= 4 is 0 Å². The standard InChI is InChI=1S/C21H18O2/c1-2-6-15-13-17(20-9-3-4-10-21(20)23)11-12-19(15)16-7-5-8-18(22)14-16/h2-5,7-14,22-23H,1,6H2. The van der Waals surface area contributed by atoms with Crippen molar-refractivity contribution in [3.63, 3.8) is 0 Å². The van der Waals surface area contributed by atoms with Crippen LogP contribution in [0.5, 0.6) is 11.5 Å². The van der Waals surface area contributed by atoms with E-state index < -0.39 is 0 Å². The Morgan fingerprint density at radius 3 is 2.30 bits per heavy atom. The molecule has 0 aliphatic rings. The minimum Gasteiger partial charge on any atom is -0.508 e. The maximum atomic E-state index is 10.1. The molecule has 0 bridgehead atoms. The Bertz CT molecular complexity index is 850. The Labute approximate surface area is 136 Å². The fourth-order valence-electron chi connectivity index (χ4n) is 2.76. The molecule has 0 amide bonds. The largest absolute Gasteiger partial charge is 0.508 e. The number of hydrogen-bond acceptors (Lipinski definition) is 2. The fraction of sp³-hybridized carbons (Fsp3) is 0.0476. The lowest BCUT2D eigenvalue weighted by atomic mass is 9.93. The molecule has 0 aromatic heterocycles. The smallest absolute Gasteiger partial charge is 0.123 e. The van der Waals surface area contributed by atoms with E-state index in [-0.39, 0.29) is 11.5 Å². The first-order chi connectivity index (χ1) is 11.2. The predicted molar refractivity (Wildman–Crippen MR) is 94.5 cm³/mol. The number of rotatable bonds is 4. The van der Waals surface area contributed by atoms with Crippen molar-refractivity contribution in [3.8, 4) is 33.8 Å². The Hall–Kier alpha value is -3.00. The zero-order valence-electron chi connectivity index (χ0n) is 12.7. The fourth-order valence-corrected chi connectivity index (χ4v) is 2.76. The average molecular weight is 302 g/mol. The van der Waals surface area contributed by atoms with Crippen molar-refractivity contribution in [3.05, 3.63) is 84.9 Å². The second kappa shape index (κ2) is 6.41. The molecule has 0 atom stereocenters. The number of benzene rings is 3. The van der Waals surface area contributed by atoms with Crippen LogP contribution in [-0.4, -0.2) is 10.2 Å². The maximum Gasteiger partial charge on any atom is 0.123 e. The molecule has 23 heavy (non-hydrogen) atoms. The molecule has 0 saturated heterocycles. The van der Waals surface area contributed by atoms with Crippen LogP contribution in [0.25, 0.3) is 22.3 Å². The molecular formula is C21H18O2. The summed E-state index contributed by atoms with van der Waals surface area (Å²) in [5, 5.41) is 19.8. The third-order valence-electron chi connectivity index (χ3n) is 3.84. The highest BCUT2D eigenvalue weighted by atomic mass is 16.3. The summed E-state index contributed by atoms with van der Waals surface area (Å²) in [6.45, 7) is 3.83. The van der Waals surface area contributed by atoms with Crippen LogP contribution in [0, 0.1) is 0 Å². The molecule has 0 spiro atoms. The molecule has 0 heterocycles.